The number of hydrogen-bond acceptors (Lipinski definition) is 3. The molecule has 0 radical (unpaired) electrons. The number of aryl methyl sites for hydroxylation is 1. The van der Waals surface area contributed by atoms with Crippen LogP contribution in [0.2, 0.25) is 0 Å². The number of carbonyl (C=O) groups excluding carboxylic acids is 1. The number of benzene rings is 1. The van der Waals surface area contributed by atoms with Crippen LogP contribution in [0.5, 0.6) is 0 Å². The van der Waals surface area contributed by atoms with E-state index in [9.17, 15) is 4.79 Å². The van der Waals surface area contributed by atoms with Gasteiger partial charge in [-0.2, -0.15) is 0 Å². The van der Waals surface area contributed by atoms with E-state index >= 15 is 0 Å². The quantitative estimate of drug-likeness (QED) is 0.873. The van der Waals surface area contributed by atoms with Crippen molar-refractivity contribution in [3.63, 3.8) is 0 Å². The first kappa shape index (κ1) is 12.2. The largest absolute Gasteiger partial charge is 0.397 e. The highest BCUT2D eigenvalue weighted by Gasteiger charge is 2.41. The lowest BCUT2D eigenvalue weighted by Crippen LogP contribution is -2.37. The average Bonchev–Trinajstić information content (AvgIpc) is 3.12. The van der Waals surface area contributed by atoms with Crippen molar-refractivity contribution < 1.29 is 4.79 Å². The number of thiophene rings is 1. The molecular formula is C16H18N2OS. The van der Waals surface area contributed by atoms with E-state index < -0.39 is 0 Å². The molecule has 1 amide bonds. The summed E-state index contributed by atoms with van der Waals surface area (Å²) in [6.45, 7) is 2.99. The Kier molecular flexibility index (Phi) is 2.58. The van der Waals surface area contributed by atoms with Crippen molar-refractivity contribution >= 4 is 33.0 Å². The molecule has 2 bridgehead atoms. The second-order valence-corrected chi connectivity index (χ2v) is 7.19. The number of likely N-dealkylation sites (tertiary alicyclic amines) is 1. The summed E-state index contributed by atoms with van der Waals surface area (Å²) in [5.41, 5.74) is 8.09. The van der Waals surface area contributed by atoms with E-state index in [-0.39, 0.29) is 5.91 Å². The van der Waals surface area contributed by atoms with E-state index in [0.29, 0.717) is 11.7 Å². The minimum atomic E-state index is 0.147. The molecule has 2 fully saturated rings. The molecule has 2 unspecified atom stereocenters. The predicted molar refractivity (Wildman–Crippen MR) is 83.1 cm³/mol. The maximum Gasteiger partial charge on any atom is 0.266 e. The van der Waals surface area contributed by atoms with Crippen LogP contribution < -0.4 is 5.73 Å². The van der Waals surface area contributed by atoms with E-state index in [1.54, 1.807) is 11.3 Å². The van der Waals surface area contributed by atoms with Gasteiger partial charge >= 0.3 is 0 Å². The Balaban J connectivity index is 1.74. The normalized spacial score (nSPS) is 24.8. The van der Waals surface area contributed by atoms with Crippen LogP contribution in [0.1, 0.15) is 34.5 Å². The van der Waals surface area contributed by atoms with Gasteiger partial charge in [0.15, 0.2) is 0 Å². The third kappa shape index (κ3) is 1.67. The van der Waals surface area contributed by atoms with Crippen LogP contribution in [0.4, 0.5) is 5.69 Å². The monoisotopic (exact) mass is 286 g/mol. The third-order valence-corrected chi connectivity index (χ3v) is 5.90. The van der Waals surface area contributed by atoms with E-state index in [2.05, 4.69) is 24.0 Å². The number of nitrogens with zero attached hydrogens (tertiary/aromatic N) is 1. The number of hydrogen-bond donors (Lipinski definition) is 1. The summed E-state index contributed by atoms with van der Waals surface area (Å²) in [6.07, 6.45) is 3.64. The van der Waals surface area contributed by atoms with Crippen LogP contribution in [-0.4, -0.2) is 23.4 Å². The Labute approximate surface area is 122 Å². The summed E-state index contributed by atoms with van der Waals surface area (Å²) in [4.78, 5) is 15.6. The zero-order valence-electron chi connectivity index (χ0n) is 11.6. The zero-order valence-corrected chi connectivity index (χ0v) is 12.4. The lowest BCUT2D eigenvalue weighted by atomic mass is 10.1. The summed E-state index contributed by atoms with van der Waals surface area (Å²) in [5.74, 6) is 0.871. The summed E-state index contributed by atoms with van der Waals surface area (Å²) in [7, 11) is 0. The van der Waals surface area contributed by atoms with E-state index in [4.69, 9.17) is 5.73 Å². The molecule has 2 heterocycles. The van der Waals surface area contributed by atoms with Gasteiger partial charge in [-0.1, -0.05) is 12.1 Å². The molecule has 3 nitrogen and oxygen atoms in total. The van der Waals surface area contributed by atoms with E-state index in [0.717, 1.165) is 27.4 Å². The minimum absolute atomic E-state index is 0.147. The fraction of sp³-hybridized carbons (Fsp3) is 0.438. The van der Waals surface area contributed by atoms with Gasteiger partial charge in [0.05, 0.1) is 5.69 Å². The Morgan fingerprint density at radius 3 is 2.95 bits per heavy atom. The van der Waals surface area contributed by atoms with Crippen molar-refractivity contribution in [1.29, 1.82) is 0 Å². The number of carbonyl (C=O) groups is 1. The summed E-state index contributed by atoms with van der Waals surface area (Å²) < 4.78 is 1.12. The molecule has 1 aromatic heterocycles. The minimum Gasteiger partial charge on any atom is -0.397 e. The van der Waals surface area contributed by atoms with Crippen LogP contribution >= 0.6 is 11.3 Å². The molecule has 1 aliphatic carbocycles. The molecule has 104 valence electrons. The summed E-state index contributed by atoms with van der Waals surface area (Å²) in [5, 5.41) is 1.02. The molecule has 2 N–H and O–H groups in total. The number of amides is 1. The Morgan fingerprint density at radius 2 is 2.25 bits per heavy atom. The molecule has 20 heavy (non-hydrogen) atoms. The molecule has 1 aliphatic heterocycles. The standard InChI is InChI=1S/C16H18N2OS/c1-9-2-5-12-13(6-9)20-15(14(12)17)16(19)18-8-10-3-4-11(18)7-10/h2,5-6,10-11H,3-4,7-8,17H2,1H3. The number of anilines is 1. The molecule has 1 aromatic carbocycles. The van der Waals surface area contributed by atoms with Crippen LogP contribution in [0.15, 0.2) is 18.2 Å². The number of nitrogens with two attached hydrogens (primary N) is 1. The van der Waals surface area contributed by atoms with Gasteiger partial charge in [-0.05, 0) is 43.7 Å². The number of piperidine rings is 1. The molecule has 2 atom stereocenters. The fourth-order valence-corrected chi connectivity index (χ4v) is 4.86. The SMILES string of the molecule is Cc1ccc2c(N)c(C(=O)N3CC4CCC3C4)sc2c1. The van der Waals surface area contributed by atoms with Crippen molar-refractivity contribution in [3.8, 4) is 0 Å². The van der Waals surface area contributed by atoms with E-state index in [1.807, 2.05) is 6.07 Å². The van der Waals surface area contributed by atoms with Gasteiger partial charge in [0.25, 0.3) is 5.91 Å². The first-order valence-corrected chi connectivity index (χ1v) is 8.04. The topological polar surface area (TPSA) is 46.3 Å². The molecular weight excluding hydrogens is 268 g/mol. The Morgan fingerprint density at radius 1 is 1.40 bits per heavy atom. The Bertz CT molecular complexity index is 706. The van der Waals surface area contributed by atoms with Crippen molar-refractivity contribution in [2.75, 3.05) is 12.3 Å². The highest BCUT2D eigenvalue weighted by Crippen LogP contribution is 2.41. The van der Waals surface area contributed by atoms with Gasteiger partial charge in [-0.3, -0.25) is 4.79 Å². The van der Waals surface area contributed by atoms with Gasteiger partial charge in [0.2, 0.25) is 0 Å². The number of rotatable bonds is 1. The predicted octanol–water partition coefficient (Wildman–Crippen LogP) is 3.42. The number of nitrogen functional groups attached to an aromatic ring is 1. The van der Waals surface area contributed by atoms with Crippen LogP contribution in [-0.2, 0) is 0 Å². The molecule has 1 saturated heterocycles. The fourth-order valence-electron chi connectivity index (χ4n) is 3.69. The van der Waals surface area contributed by atoms with Gasteiger partial charge in [0, 0.05) is 22.7 Å². The molecule has 2 aliphatic rings. The van der Waals surface area contributed by atoms with Crippen molar-refractivity contribution in [1.82, 2.24) is 4.90 Å². The maximum atomic E-state index is 12.8. The van der Waals surface area contributed by atoms with Crippen LogP contribution in [0.25, 0.3) is 10.1 Å². The highest BCUT2D eigenvalue weighted by atomic mass is 32.1. The Hall–Kier alpha value is -1.55. The molecule has 1 saturated carbocycles. The van der Waals surface area contributed by atoms with Crippen LogP contribution in [0, 0.1) is 12.8 Å². The summed E-state index contributed by atoms with van der Waals surface area (Å²) in [6, 6.07) is 6.66. The third-order valence-electron chi connectivity index (χ3n) is 4.75. The lowest BCUT2D eigenvalue weighted by Gasteiger charge is -2.26. The van der Waals surface area contributed by atoms with Crippen LogP contribution in [0.3, 0.4) is 0 Å². The summed E-state index contributed by atoms with van der Waals surface area (Å²) >= 11 is 1.54. The van der Waals surface area contributed by atoms with Gasteiger partial charge in [-0.25, -0.2) is 0 Å². The van der Waals surface area contributed by atoms with Crippen molar-refractivity contribution in [2.24, 2.45) is 5.92 Å². The van der Waals surface area contributed by atoms with Crippen molar-refractivity contribution in [2.45, 2.75) is 32.2 Å². The number of fused-ring (bicyclic) bond motifs is 3. The van der Waals surface area contributed by atoms with E-state index in [1.165, 1.54) is 24.8 Å². The molecule has 4 heteroatoms. The first-order valence-electron chi connectivity index (χ1n) is 7.23. The van der Waals surface area contributed by atoms with Gasteiger partial charge < -0.3 is 10.6 Å². The lowest BCUT2D eigenvalue weighted by molar-refractivity contribution is 0.0709. The maximum absolute atomic E-state index is 12.8. The highest BCUT2D eigenvalue weighted by molar-refractivity contribution is 7.21. The van der Waals surface area contributed by atoms with Gasteiger partial charge in [0.1, 0.15) is 4.88 Å². The second kappa shape index (κ2) is 4.22. The smallest absolute Gasteiger partial charge is 0.266 e. The second-order valence-electron chi connectivity index (χ2n) is 6.13. The molecule has 4 rings (SSSR count). The average molecular weight is 286 g/mol. The van der Waals surface area contributed by atoms with Crippen molar-refractivity contribution in [3.05, 3.63) is 28.6 Å². The molecule has 2 aromatic rings. The first-order chi connectivity index (χ1) is 9.63. The zero-order chi connectivity index (χ0) is 13.9. The molecule has 0 spiro atoms. The van der Waals surface area contributed by atoms with Gasteiger partial charge in [-0.15, -0.1) is 11.3 Å².